The Morgan fingerprint density at radius 3 is 2.62 bits per heavy atom. The average Bonchev–Trinajstić information content (AvgIpc) is 2.74. The molecule has 7 heteroatoms. The van der Waals surface area contributed by atoms with Crippen molar-refractivity contribution in [2.24, 2.45) is 0 Å². The van der Waals surface area contributed by atoms with Crippen molar-refractivity contribution < 1.29 is 14.6 Å². The predicted molar refractivity (Wildman–Crippen MR) is 125 cm³/mol. The smallest absolute Gasteiger partial charge is 0.335 e. The molecule has 0 unspecified atom stereocenters. The van der Waals surface area contributed by atoms with Crippen LogP contribution in [0.2, 0.25) is 0 Å². The first-order chi connectivity index (χ1) is 15.2. The number of aromatic carboxylic acids is 1. The summed E-state index contributed by atoms with van der Waals surface area (Å²) in [6.07, 6.45) is 2.63. The second kappa shape index (κ2) is 8.59. The Hall–Kier alpha value is -3.45. The Morgan fingerprint density at radius 1 is 1.19 bits per heavy atom. The highest BCUT2D eigenvalue weighted by Crippen LogP contribution is 2.42. The number of benzene rings is 2. The van der Waals surface area contributed by atoms with E-state index in [1.165, 1.54) is 0 Å². The van der Waals surface area contributed by atoms with Crippen molar-refractivity contribution in [3.63, 3.8) is 0 Å². The van der Waals surface area contributed by atoms with Crippen LogP contribution in [0.1, 0.15) is 35.3 Å². The number of anilines is 2. The summed E-state index contributed by atoms with van der Waals surface area (Å²) in [5, 5.41) is 12.7. The first-order valence-corrected chi connectivity index (χ1v) is 10.6. The van der Waals surface area contributed by atoms with Gasteiger partial charge >= 0.3 is 5.97 Å². The first kappa shape index (κ1) is 21.8. The van der Waals surface area contributed by atoms with Crippen LogP contribution in [-0.4, -0.2) is 53.2 Å². The maximum Gasteiger partial charge on any atom is 0.335 e. The third-order valence-electron chi connectivity index (χ3n) is 5.67. The van der Waals surface area contributed by atoms with E-state index in [2.05, 4.69) is 29.0 Å². The molecule has 4 rings (SSSR count). The molecule has 3 aromatic rings. The number of nitrogens with one attached hydrogen (secondary N) is 1. The van der Waals surface area contributed by atoms with Gasteiger partial charge in [-0.2, -0.15) is 0 Å². The lowest BCUT2D eigenvalue weighted by Crippen LogP contribution is -2.26. The average molecular weight is 433 g/mol. The zero-order valence-electron chi connectivity index (χ0n) is 18.8. The van der Waals surface area contributed by atoms with Crippen molar-refractivity contribution in [2.75, 3.05) is 32.6 Å². The first-order valence-electron chi connectivity index (χ1n) is 10.6. The van der Waals surface area contributed by atoms with E-state index < -0.39 is 5.97 Å². The molecule has 0 fully saturated rings. The molecule has 166 valence electrons. The molecule has 1 aromatic heterocycles. The van der Waals surface area contributed by atoms with E-state index in [0.29, 0.717) is 12.6 Å². The molecule has 7 nitrogen and oxygen atoms in total. The molecule has 0 bridgehead atoms. The molecule has 0 amide bonds. The van der Waals surface area contributed by atoms with Gasteiger partial charge in [0.05, 0.1) is 11.3 Å². The van der Waals surface area contributed by atoms with Gasteiger partial charge in [-0.1, -0.05) is 19.9 Å². The zero-order chi connectivity index (χ0) is 22.9. The second-order valence-electron chi connectivity index (χ2n) is 8.99. The van der Waals surface area contributed by atoms with Crippen LogP contribution in [0.3, 0.4) is 0 Å². The number of carbonyl (C=O) groups is 1. The SMILES string of the molecule is CN(C)CCOc1ccc(Nc2ncc3c(n2)-c2cc(C(=O)O)ccc2C(C)(C)C3)cc1. The summed E-state index contributed by atoms with van der Waals surface area (Å²) in [5.41, 5.74) is 4.72. The maximum atomic E-state index is 11.5. The van der Waals surface area contributed by atoms with Crippen LogP contribution < -0.4 is 10.1 Å². The van der Waals surface area contributed by atoms with Gasteiger partial charge in [-0.05, 0) is 73.5 Å². The highest BCUT2D eigenvalue weighted by atomic mass is 16.5. The Labute approximate surface area is 188 Å². The number of aromatic nitrogens is 2. The van der Waals surface area contributed by atoms with E-state index in [-0.39, 0.29) is 11.0 Å². The molecule has 0 spiro atoms. The number of hydrogen-bond donors (Lipinski definition) is 2. The summed E-state index contributed by atoms with van der Waals surface area (Å²) in [6.45, 7) is 5.79. The molecule has 0 saturated heterocycles. The molecule has 2 N–H and O–H groups in total. The van der Waals surface area contributed by atoms with Crippen LogP contribution in [0.15, 0.2) is 48.7 Å². The predicted octanol–water partition coefficient (Wildman–Crippen LogP) is 4.36. The van der Waals surface area contributed by atoms with Crippen molar-refractivity contribution in [3.8, 4) is 17.0 Å². The molecular formula is C25H28N4O3. The Balaban J connectivity index is 1.58. The highest BCUT2D eigenvalue weighted by Gasteiger charge is 2.32. The standard InChI is InChI=1S/C25H28N4O3/c1-25(2)14-17-15-26-24(27-18-6-8-19(9-7-18)32-12-11-29(3)4)28-22(17)20-13-16(23(30)31)5-10-21(20)25/h5-10,13,15H,11-12,14H2,1-4H3,(H,30,31)(H,26,27,28). The van der Waals surface area contributed by atoms with Crippen molar-refractivity contribution in [1.82, 2.24) is 14.9 Å². The van der Waals surface area contributed by atoms with Gasteiger partial charge in [-0.15, -0.1) is 0 Å². The lowest BCUT2D eigenvalue weighted by atomic mass is 9.71. The molecule has 32 heavy (non-hydrogen) atoms. The molecule has 0 aliphatic heterocycles. The summed E-state index contributed by atoms with van der Waals surface area (Å²) < 4.78 is 5.74. The van der Waals surface area contributed by atoms with Crippen LogP contribution in [0.25, 0.3) is 11.3 Å². The van der Waals surface area contributed by atoms with Gasteiger partial charge in [0.25, 0.3) is 0 Å². The van der Waals surface area contributed by atoms with Crippen LogP contribution in [0, 0.1) is 0 Å². The third kappa shape index (κ3) is 4.57. The van der Waals surface area contributed by atoms with Crippen LogP contribution in [-0.2, 0) is 11.8 Å². The second-order valence-corrected chi connectivity index (χ2v) is 8.99. The minimum atomic E-state index is -0.946. The third-order valence-corrected chi connectivity index (χ3v) is 5.67. The molecule has 0 saturated carbocycles. The van der Waals surface area contributed by atoms with Crippen molar-refractivity contribution in [2.45, 2.75) is 25.7 Å². The van der Waals surface area contributed by atoms with Crippen molar-refractivity contribution in [3.05, 3.63) is 65.4 Å². The van der Waals surface area contributed by atoms with Gasteiger partial charge in [-0.25, -0.2) is 14.8 Å². The molecule has 0 radical (unpaired) electrons. The Kier molecular flexibility index (Phi) is 5.84. The van der Waals surface area contributed by atoms with Gasteiger partial charge in [0.1, 0.15) is 12.4 Å². The maximum absolute atomic E-state index is 11.5. The lowest BCUT2D eigenvalue weighted by molar-refractivity contribution is 0.0697. The van der Waals surface area contributed by atoms with Gasteiger partial charge in [-0.3, -0.25) is 0 Å². The fourth-order valence-corrected chi connectivity index (χ4v) is 3.97. The number of carboxylic acids is 1. The van der Waals surface area contributed by atoms with Crippen molar-refractivity contribution in [1.29, 1.82) is 0 Å². The fourth-order valence-electron chi connectivity index (χ4n) is 3.97. The van der Waals surface area contributed by atoms with E-state index in [0.717, 1.165) is 46.8 Å². The summed E-state index contributed by atoms with van der Waals surface area (Å²) in [4.78, 5) is 22.9. The molecular weight excluding hydrogens is 404 g/mol. The van der Waals surface area contributed by atoms with Crippen LogP contribution >= 0.6 is 0 Å². The summed E-state index contributed by atoms with van der Waals surface area (Å²) in [5.74, 6) is 0.329. The van der Waals surface area contributed by atoms with E-state index >= 15 is 0 Å². The number of likely N-dealkylation sites (N-methyl/N-ethyl adjacent to an activating group) is 1. The van der Waals surface area contributed by atoms with E-state index in [4.69, 9.17) is 9.72 Å². The number of nitrogens with zero attached hydrogens (tertiary/aromatic N) is 3. The minimum Gasteiger partial charge on any atom is -0.492 e. The van der Waals surface area contributed by atoms with Gasteiger partial charge in [0.2, 0.25) is 5.95 Å². The largest absolute Gasteiger partial charge is 0.492 e. The highest BCUT2D eigenvalue weighted by molar-refractivity contribution is 5.90. The minimum absolute atomic E-state index is 0.125. The van der Waals surface area contributed by atoms with Crippen LogP contribution in [0.5, 0.6) is 5.75 Å². The molecule has 2 aromatic carbocycles. The van der Waals surface area contributed by atoms with Crippen molar-refractivity contribution >= 4 is 17.6 Å². The summed E-state index contributed by atoms with van der Waals surface area (Å²) in [6, 6.07) is 13.0. The Morgan fingerprint density at radius 2 is 1.94 bits per heavy atom. The molecule has 1 aliphatic rings. The lowest BCUT2D eigenvalue weighted by Gasteiger charge is -2.33. The number of carboxylic acid groups (broad SMARTS) is 1. The van der Waals surface area contributed by atoms with E-state index in [1.54, 1.807) is 12.1 Å². The number of rotatable bonds is 7. The summed E-state index contributed by atoms with van der Waals surface area (Å²) >= 11 is 0. The topological polar surface area (TPSA) is 87.6 Å². The normalized spacial score (nSPS) is 13.9. The summed E-state index contributed by atoms with van der Waals surface area (Å²) in [7, 11) is 4.02. The van der Waals surface area contributed by atoms with Crippen LogP contribution in [0.4, 0.5) is 11.6 Å². The zero-order valence-corrected chi connectivity index (χ0v) is 18.8. The van der Waals surface area contributed by atoms with Gasteiger partial charge in [0, 0.05) is 24.0 Å². The molecule has 0 atom stereocenters. The Bertz CT molecular complexity index is 1140. The molecule has 1 aliphatic carbocycles. The van der Waals surface area contributed by atoms with Gasteiger partial charge < -0.3 is 20.1 Å². The number of hydrogen-bond acceptors (Lipinski definition) is 6. The fraction of sp³-hybridized carbons (Fsp3) is 0.320. The van der Waals surface area contributed by atoms with Gasteiger partial charge in [0.15, 0.2) is 0 Å². The number of ether oxygens (including phenoxy) is 1. The quantitative estimate of drug-likeness (QED) is 0.573. The molecule has 1 heterocycles. The number of fused-ring (bicyclic) bond motifs is 3. The van der Waals surface area contributed by atoms with E-state index in [9.17, 15) is 9.90 Å². The van der Waals surface area contributed by atoms with E-state index in [1.807, 2.05) is 50.6 Å². The monoisotopic (exact) mass is 432 g/mol.